The van der Waals surface area contributed by atoms with Crippen molar-refractivity contribution in [2.45, 2.75) is 103 Å². The minimum atomic E-state index is -1.40. The van der Waals surface area contributed by atoms with Crippen molar-refractivity contribution in [3.63, 3.8) is 0 Å². The average Bonchev–Trinajstić information content (AvgIpc) is 3.28. The molecule has 1 aromatic rings. The summed E-state index contributed by atoms with van der Waals surface area (Å²) in [4.78, 5) is 30.4. The number of hydrogen-bond acceptors (Lipinski definition) is 8. The summed E-state index contributed by atoms with van der Waals surface area (Å²) in [6.45, 7) is 9.42. The highest BCUT2D eigenvalue weighted by atomic mass is 32.1. The number of fused-ring (bicyclic) bond motifs is 3. The molecule has 7 nitrogen and oxygen atoms in total. The van der Waals surface area contributed by atoms with Gasteiger partial charge in [0, 0.05) is 17.7 Å². The molecule has 0 amide bonds. The van der Waals surface area contributed by atoms with Crippen molar-refractivity contribution in [1.29, 1.82) is 0 Å². The van der Waals surface area contributed by atoms with Gasteiger partial charge in [-0.25, -0.2) is 4.98 Å². The van der Waals surface area contributed by atoms with Gasteiger partial charge in [-0.2, -0.15) is 0 Å². The summed E-state index contributed by atoms with van der Waals surface area (Å²) >= 11 is 1.57. The molecule has 1 aromatic heterocycles. The lowest BCUT2D eigenvalue weighted by atomic mass is 9.83. The molecule has 3 aliphatic rings. The minimum Gasteiger partial charge on any atom is -0.458 e. The van der Waals surface area contributed by atoms with Crippen LogP contribution in [0.4, 0.5) is 0 Å². The fourth-order valence-corrected chi connectivity index (χ4v) is 5.78. The number of aliphatic hydroxyl groups is 1. The van der Waals surface area contributed by atoms with E-state index in [1.807, 2.05) is 32.2 Å². The minimum absolute atomic E-state index is 0.0550. The van der Waals surface area contributed by atoms with Crippen molar-refractivity contribution in [3.8, 4) is 0 Å². The molecular formula is C25H35NO6S. The number of nitrogens with zero attached hydrogens (tertiary/aromatic N) is 1. The SMILES string of the molecule is C/C(=C\c1csc(C)n1)[C@@H]1CC2OC2CCC[C@H](C)[C@@H]2OC(C)(C(=O)[C@@H]2C)[C@@H](O)CC(=O)O1. The summed E-state index contributed by atoms with van der Waals surface area (Å²) < 4.78 is 17.9. The molecule has 33 heavy (non-hydrogen) atoms. The van der Waals surface area contributed by atoms with Crippen LogP contribution in [-0.4, -0.2) is 58.0 Å². The van der Waals surface area contributed by atoms with Crippen molar-refractivity contribution in [2.24, 2.45) is 11.8 Å². The maximum Gasteiger partial charge on any atom is 0.309 e. The predicted octanol–water partition coefficient (Wildman–Crippen LogP) is 3.86. The molecular weight excluding hydrogens is 442 g/mol. The second kappa shape index (κ2) is 9.56. The molecule has 0 spiro atoms. The maximum absolute atomic E-state index is 13.0. The summed E-state index contributed by atoms with van der Waals surface area (Å²) in [5.74, 6) is -0.854. The first-order chi connectivity index (χ1) is 15.6. The van der Waals surface area contributed by atoms with Gasteiger partial charge in [-0.15, -0.1) is 11.3 Å². The average molecular weight is 478 g/mol. The fraction of sp³-hybridized carbons (Fsp3) is 0.720. The maximum atomic E-state index is 13.0. The number of carbonyl (C=O) groups excluding carboxylic acids is 2. The van der Waals surface area contributed by atoms with Gasteiger partial charge in [0.05, 0.1) is 35.4 Å². The van der Waals surface area contributed by atoms with Crippen LogP contribution in [0, 0.1) is 18.8 Å². The Hall–Kier alpha value is -1.61. The van der Waals surface area contributed by atoms with E-state index in [9.17, 15) is 14.7 Å². The van der Waals surface area contributed by atoms with E-state index in [0.717, 1.165) is 35.5 Å². The molecule has 1 N–H and O–H groups in total. The van der Waals surface area contributed by atoms with Gasteiger partial charge < -0.3 is 19.3 Å². The zero-order valence-corrected chi connectivity index (χ0v) is 20.9. The molecule has 4 heterocycles. The summed E-state index contributed by atoms with van der Waals surface area (Å²) in [7, 11) is 0. The van der Waals surface area contributed by atoms with Gasteiger partial charge in [0.25, 0.3) is 0 Å². The lowest BCUT2D eigenvalue weighted by molar-refractivity contribution is -0.163. The van der Waals surface area contributed by atoms with Crippen molar-refractivity contribution >= 4 is 29.2 Å². The number of carbonyl (C=O) groups is 2. The van der Waals surface area contributed by atoms with Crippen LogP contribution >= 0.6 is 11.3 Å². The molecule has 8 heteroatoms. The van der Waals surface area contributed by atoms with Crippen molar-refractivity contribution in [3.05, 3.63) is 21.7 Å². The number of esters is 1. The Bertz CT molecular complexity index is 928. The number of rotatable bonds is 2. The molecule has 3 unspecified atom stereocenters. The molecule has 2 bridgehead atoms. The van der Waals surface area contributed by atoms with Crippen LogP contribution in [0.5, 0.6) is 0 Å². The topological polar surface area (TPSA) is 98.3 Å². The Morgan fingerprint density at radius 3 is 2.73 bits per heavy atom. The molecule has 3 aliphatic heterocycles. The number of aliphatic hydroxyl groups excluding tert-OH is 1. The van der Waals surface area contributed by atoms with E-state index in [4.69, 9.17) is 14.2 Å². The highest BCUT2D eigenvalue weighted by Crippen LogP contribution is 2.41. The van der Waals surface area contributed by atoms with E-state index in [1.165, 1.54) is 0 Å². The van der Waals surface area contributed by atoms with Crippen molar-refractivity contribution < 1.29 is 28.9 Å². The summed E-state index contributed by atoms with van der Waals surface area (Å²) in [6, 6.07) is 0. The van der Waals surface area contributed by atoms with Crippen molar-refractivity contribution in [2.75, 3.05) is 0 Å². The molecule has 0 aromatic carbocycles. The van der Waals surface area contributed by atoms with E-state index in [2.05, 4.69) is 11.9 Å². The number of hydrogen-bond donors (Lipinski definition) is 1. The van der Waals surface area contributed by atoms with Gasteiger partial charge in [0.1, 0.15) is 12.2 Å². The Labute approximate surface area is 199 Å². The highest BCUT2D eigenvalue weighted by Gasteiger charge is 2.55. The summed E-state index contributed by atoms with van der Waals surface area (Å²) in [5, 5.41) is 13.8. The van der Waals surface area contributed by atoms with Crippen LogP contribution in [0.3, 0.4) is 0 Å². The zero-order chi connectivity index (χ0) is 23.9. The number of ketones is 1. The molecule has 0 aliphatic carbocycles. The second-order valence-corrected chi connectivity index (χ2v) is 11.1. The van der Waals surface area contributed by atoms with Gasteiger partial charge in [0.15, 0.2) is 11.4 Å². The molecule has 3 saturated heterocycles. The molecule has 3 fully saturated rings. The first-order valence-corrected chi connectivity index (χ1v) is 12.8. The van der Waals surface area contributed by atoms with Gasteiger partial charge in [-0.3, -0.25) is 9.59 Å². The zero-order valence-electron chi connectivity index (χ0n) is 20.1. The van der Waals surface area contributed by atoms with Crippen LogP contribution in [0.2, 0.25) is 0 Å². The monoisotopic (exact) mass is 477 g/mol. The number of Topliss-reactive ketones (excluding diaryl/α,β-unsaturated/α-hetero) is 1. The summed E-state index contributed by atoms with van der Waals surface area (Å²) in [5.41, 5.74) is 0.312. The molecule has 8 atom stereocenters. The van der Waals surface area contributed by atoms with Crippen molar-refractivity contribution in [1.82, 2.24) is 4.98 Å². The molecule has 182 valence electrons. The lowest BCUT2D eigenvalue weighted by Crippen LogP contribution is -2.47. The van der Waals surface area contributed by atoms with E-state index < -0.39 is 23.8 Å². The smallest absolute Gasteiger partial charge is 0.309 e. The van der Waals surface area contributed by atoms with E-state index >= 15 is 0 Å². The van der Waals surface area contributed by atoms with E-state index in [1.54, 1.807) is 18.3 Å². The first-order valence-electron chi connectivity index (χ1n) is 11.9. The third-order valence-electron chi connectivity index (χ3n) is 7.41. The number of epoxide rings is 1. The Kier molecular flexibility index (Phi) is 7.10. The third kappa shape index (κ3) is 5.24. The number of thiazole rings is 1. The molecule has 4 rings (SSSR count). The Morgan fingerprint density at radius 2 is 2.03 bits per heavy atom. The van der Waals surface area contributed by atoms with E-state index in [-0.39, 0.29) is 42.4 Å². The quantitative estimate of drug-likeness (QED) is 0.510. The first kappa shape index (κ1) is 24.5. The van der Waals surface area contributed by atoms with Crippen LogP contribution in [0.15, 0.2) is 11.0 Å². The number of cyclic esters (lactones) is 1. The standard InChI is InChI=1S/C25H35NO6S/c1-13-7-6-8-18-20(30-18)10-19(14(2)9-17-12-33-16(4)26-17)31-22(28)11-21(27)25(5)24(29)15(3)23(13)32-25/h9,12-13,15,18-21,23,27H,6-8,10-11H2,1-5H3/b14-9+/t13-,15+,18?,19-,20?,21-,23-,25?/m0/s1. The number of aromatic nitrogens is 1. The van der Waals surface area contributed by atoms with Crippen LogP contribution in [0.25, 0.3) is 6.08 Å². The van der Waals surface area contributed by atoms with Crippen LogP contribution < -0.4 is 0 Å². The Balaban J connectivity index is 1.55. The summed E-state index contributed by atoms with van der Waals surface area (Å²) in [6.07, 6.45) is 3.22. The number of aryl methyl sites for hydroxylation is 1. The fourth-order valence-electron chi connectivity index (χ4n) is 5.21. The van der Waals surface area contributed by atoms with Gasteiger partial charge >= 0.3 is 5.97 Å². The highest BCUT2D eigenvalue weighted by molar-refractivity contribution is 7.09. The largest absolute Gasteiger partial charge is 0.458 e. The van der Waals surface area contributed by atoms with Gasteiger partial charge in [-0.05, 0) is 51.2 Å². The van der Waals surface area contributed by atoms with E-state index in [0.29, 0.717) is 6.42 Å². The van der Waals surface area contributed by atoms with Crippen LogP contribution in [0.1, 0.15) is 70.5 Å². The lowest BCUT2D eigenvalue weighted by Gasteiger charge is -2.30. The van der Waals surface area contributed by atoms with Gasteiger partial charge in [-0.1, -0.05) is 20.3 Å². The third-order valence-corrected chi connectivity index (χ3v) is 8.20. The van der Waals surface area contributed by atoms with Gasteiger partial charge in [0.2, 0.25) is 0 Å². The molecule has 0 radical (unpaired) electrons. The normalized spacial score (nSPS) is 40.5. The van der Waals surface area contributed by atoms with Crippen LogP contribution in [-0.2, 0) is 23.8 Å². The Morgan fingerprint density at radius 1 is 1.27 bits per heavy atom. The predicted molar refractivity (Wildman–Crippen MR) is 125 cm³/mol. The second-order valence-electron chi connectivity index (χ2n) is 10.1. The molecule has 0 saturated carbocycles. The number of ether oxygens (including phenoxy) is 3.